The van der Waals surface area contributed by atoms with Gasteiger partial charge in [0.25, 0.3) is 0 Å². The lowest BCUT2D eigenvalue weighted by Crippen LogP contribution is -2.48. The fourth-order valence-electron chi connectivity index (χ4n) is 6.40. The van der Waals surface area contributed by atoms with E-state index in [4.69, 9.17) is 0 Å². The molecular weight excluding hydrogens is 342 g/mol. The zero-order valence-corrected chi connectivity index (χ0v) is 16.7. The quantitative estimate of drug-likeness (QED) is 0.645. The minimum Gasteiger partial charge on any atom is -0.323 e. The van der Waals surface area contributed by atoms with Crippen LogP contribution < -0.4 is 5.32 Å². The Kier molecular flexibility index (Phi) is 4.38. The number of carbonyl (C=O) groups is 1. The Bertz CT molecular complexity index is 856. The van der Waals surface area contributed by atoms with Gasteiger partial charge >= 0.3 is 0 Å². The van der Waals surface area contributed by atoms with E-state index in [1.165, 1.54) is 49.7 Å². The highest BCUT2D eigenvalue weighted by Gasteiger charge is 2.51. The third-order valence-corrected chi connectivity index (χ3v) is 7.31. The van der Waals surface area contributed by atoms with E-state index in [0.29, 0.717) is 5.41 Å². The van der Waals surface area contributed by atoms with Gasteiger partial charge in [0, 0.05) is 11.8 Å². The molecule has 2 nitrogen and oxygen atoms in total. The molecule has 4 bridgehead atoms. The molecule has 0 aliphatic heterocycles. The average molecular weight is 372 g/mol. The Morgan fingerprint density at radius 3 is 2.04 bits per heavy atom. The maximum absolute atomic E-state index is 12.3. The van der Waals surface area contributed by atoms with Gasteiger partial charge in [-0.2, -0.15) is 0 Å². The summed E-state index contributed by atoms with van der Waals surface area (Å²) in [5.74, 6) is 2.79. The predicted octanol–water partition coefficient (Wildman–Crippen LogP) is 6.11. The molecule has 4 aliphatic rings. The molecule has 0 spiro atoms. The largest absolute Gasteiger partial charge is 0.323 e. The van der Waals surface area contributed by atoms with E-state index in [2.05, 4.69) is 48.6 Å². The Morgan fingerprint density at radius 2 is 1.46 bits per heavy atom. The molecule has 4 saturated carbocycles. The van der Waals surface area contributed by atoms with Crippen LogP contribution in [0.3, 0.4) is 0 Å². The van der Waals surface area contributed by atoms with Crippen LogP contribution in [0.5, 0.6) is 0 Å². The lowest BCUT2D eigenvalue weighted by molar-refractivity contribution is -0.111. The number of carbonyl (C=O) groups excluding carboxylic acids is 1. The molecule has 0 unspecified atom stereocenters. The third-order valence-electron chi connectivity index (χ3n) is 7.31. The van der Waals surface area contributed by atoms with Gasteiger partial charge in [-0.3, -0.25) is 4.79 Å². The zero-order valence-electron chi connectivity index (χ0n) is 16.7. The molecule has 28 heavy (non-hydrogen) atoms. The van der Waals surface area contributed by atoms with Crippen molar-refractivity contribution < 1.29 is 4.79 Å². The minimum atomic E-state index is -0.0804. The first-order valence-electron chi connectivity index (χ1n) is 10.7. The predicted molar refractivity (Wildman–Crippen MR) is 115 cm³/mol. The van der Waals surface area contributed by atoms with Crippen LogP contribution in [0.2, 0.25) is 0 Å². The summed E-state index contributed by atoms with van der Waals surface area (Å²) in [7, 11) is 0. The van der Waals surface area contributed by atoms with Crippen molar-refractivity contribution in [2.45, 2.75) is 50.9 Å². The van der Waals surface area contributed by atoms with Gasteiger partial charge in [-0.25, -0.2) is 0 Å². The van der Waals surface area contributed by atoms with Gasteiger partial charge in [0.2, 0.25) is 5.91 Å². The maximum atomic E-state index is 12.3. The summed E-state index contributed by atoms with van der Waals surface area (Å²) in [5.41, 5.74) is 5.06. The van der Waals surface area contributed by atoms with Gasteiger partial charge in [-0.1, -0.05) is 42.0 Å². The number of rotatable bonds is 4. The van der Waals surface area contributed by atoms with Crippen LogP contribution in [0.4, 0.5) is 5.69 Å². The number of hydrogen-bond acceptors (Lipinski definition) is 1. The van der Waals surface area contributed by atoms with E-state index in [0.717, 1.165) is 29.0 Å². The molecule has 0 radical (unpaired) electrons. The van der Waals surface area contributed by atoms with Crippen LogP contribution in [-0.4, -0.2) is 5.91 Å². The number of nitrogens with one attached hydrogen (secondary N) is 1. The normalized spacial score (nSPS) is 30.7. The second-order valence-corrected chi connectivity index (χ2v) is 9.51. The molecule has 0 aromatic heterocycles. The number of aryl methyl sites for hydroxylation is 1. The molecule has 0 heterocycles. The molecule has 6 rings (SSSR count). The van der Waals surface area contributed by atoms with Crippen LogP contribution in [0.15, 0.2) is 54.6 Å². The number of hydrogen-bond donors (Lipinski definition) is 1. The van der Waals surface area contributed by atoms with Gasteiger partial charge in [0.15, 0.2) is 0 Å². The summed E-state index contributed by atoms with van der Waals surface area (Å²) in [4.78, 5) is 12.3. The average Bonchev–Trinajstić information content (AvgIpc) is 2.67. The number of benzene rings is 2. The first kappa shape index (κ1) is 17.7. The first-order valence-corrected chi connectivity index (χ1v) is 10.7. The van der Waals surface area contributed by atoms with Crippen LogP contribution in [-0.2, 0) is 10.2 Å². The van der Waals surface area contributed by atoms with Crippen LogP contribution >= 0.6 is 0 Å². The van der Waals surface area contributed by atoms with Crippen molar-refractivity contribution in [2.24, 2.45) is 17.8 Å². The second kappa shape index (κ2) is 6.92. The van der Waals surface area contributed by atoms with Crippen molar-refractivity contribution in [1.82, 2.24) is 0 Å². The van der Waals surface area contributed by atoms with E-state index in [-0.39, 0.29) is 5.91 Å². The van der Waals surface area contributed by atoms with Crippen LogP contribution in [0, 0.1) is 24.7 Å². The Balaban J connectivity index is 1.25. The zero-order chi connectivity index (χ0) is 19.1. The molecule has 0 atom stereocenters. The molecule has 2 heteroatoms. The van der Waals surface area contributed by atoms with Crippen molar-refractivity contribution in [3.8, 4) is 0 Å². The van der Waals surface area contributed by atoms with Gasteiger partial charge in [0.05, 0.1) is 0 Å². The van der Waals surface area contributed by atoms with E-state index < -0.39 is 0 Å². The van der Waals surface area contributed by atoms with E-state index in [1.54, 1.807) is 6.08 Å². The smallest absolute Gasteiger partial charge is 0.248 e. The summed E-state index contributed by atoms with van der Waals surface area (Å²) in [6.07, 6.45) is 12.0. The SMILES string of the molecule is Cc1ccc(/C=C/C(=O)Nc2ccc(C34CC5CC(CC(C5)C3)C4)cc2)cc1. The summed E-state index contributed by atoms with van der Waals surface area (Å²) < 4.78 is 0. The van der Waals surface area contributed by atoms with Gasteiger partial charge in [-0.15, -0.1) is 0 Å². The van der Waals surface area contributed by atoms with E-state index in [1.807, 2.05) is 18.2 Å². The molecule has 2 aromatic rings. The Hall–Kier alpha value is -2.35. The number of amides is 1. The Morgan fingerprint density at radius 1 is 0.893 bits per heavy atom. The lowest BCUT2D eigenvalue weighted by Gasteiger charge is -2.57. The van der Waals surface area contributed by atoms with E-state index in [9.17, 15) is 4.79 Å². The van der Waals surface area contributed by atoms with Crippen LogP contribution in [0.25, 0.3) is 6.08 Å². The molecule has 1 amide bonds. The van der Waals surface area contributed by atoms with Crippen molar-refractivity contribution >= 4 is 17.7 Å². The fourth-order valence-corrected chi connectivity index (χ4v) is 6.40. The molecule has 2 aromatic carbocycles. The summed E-state index contributed by atoms with van der Waals surface area (Å²) in [6.45, 7) is 2.06. The summed E-state index contributed by atoms with van der Waals surface area (Å²) >= 11 is 0. The third kappa shape index (κ3) is 3.41. The topological polar surface area (TPSA) is 29.1 Å². The van der Waals surface area contributed by atoms with E-state index >= 15 is 0 Å². The highest BCUT2D eigenvalue weighted by atomic mass is 16.1. The summed E-state index contributed by atoms with van der Waals surface area (Å²) in [6, 6.07) is 16.9. The standard InChI is InChI=1S/C26H29NO/c1-18-2-4-19(5-3-18)6-11-25(28)27-24-9-7-23(8-10-24)26-15-20-12-21(16-26)14-22(13-20)17-26/h2-11,20-22H,12-17H2,1H3,(H,27,28)/b11-6+. The lowest BCUT2D eigenvalue weighted by atomic mass is 9.48. The van der Waals surface area contributed by atoms with Gasteiger partial charge < -0.3 is 5.32 Å². The molecule has 1 N–H and O–H groups in total. The van der Waals surface area contributed by atoms with Crippen molar-refractivity contribution in [3.05, 3.63) is 71.3 Å². The fraction of sp³-hybridized carbons (Fsp3) is 0.423. The summed E-state index contributed by atoms with van der Waals surface area (Å²) in [5, 5.41) is 3.00. The molecular formula is C26H29NO. The highest BCUT2D eigenvalue weighted by molar-refractivity contribution is 6.01. The second-order valence-electron chi connectivity index (χ2n) is 9.51. The highest BCUT2D eigenvalue weighted by Crippen LogP contribution is 2.60. The molecule has 0 saturated heterocycles. The first-order chi connectivity index (χ1) is 13.6. The molecule has 144 valence electrons. The van der Waals surface area contributed by atoms with Gasteiger partial charge in [-0.05, 0) is 98.0 Å². The molecule has 4 fully saturated rings. The monoisotopic (exact) mass is 371 g/mol. The van der Waals surface area contributed by atoms with Crippen LogP contribution in [0.1, 0.15) is 55.2 Å². The molecule has 4 aliphatic carbocycles. The van der Waals surface area contributed by atoms with Crippen molar-refractivity contribution in [1.29, 1.82) is 0 Å². The minimum absolute atomic E-state index is 0.0804. The Labute approximate surface area is 168 Å². The maximum Gasteiger partial charge on any atom is 0.248 e. The number of anilines is 1. The van der Waals surface area contributed by atoms with Gasteiger partial charge in [0.1, 0.15) is 0 Å². The van der Waals surface area contributed by atoms with Crippen molar-refractivity contribution in [2.75, 3.05) is 5.32 Å². The van der Waals surface area contributed by atoms with Crippen molar-refractivity contribution in [3.63, 3.8) is 0 Å².